The van der Waals surface area contributed by atoms with Crippen molar-refractivity contribution < 1.29 is 9.21 Å². The van der Waals surface area contributed by atoms with E-state index in [1.165, 1.54) is 11.3 Å². The van der Waals surface area contributed by atoms with Gasteiger partial charge in [0.05, 0.1) is 17.9 Å². The van der Waals surface area contributed by atoms with Crippen LogP contribution in [-0.4, -0.2) is 5.91 Å². The Bertz CT molecular complexity index is 515. The van der Waals surface area contributed by atoms with Gasteiger partial charge in [0.1, 0.15) is 5.76 Å². The number of carbonyl (C=O) groups is 1. The molecule has 0 radical (unpaired) electrons. The summed E-state index contributed by atoms with van der Waals surface area (Å²) in [7, 11) is 0. The summed E-state index contributed by atoms with van der Waals surface area (Å²) in [5, 5.41) is 6.86. The molecule has 0 fully saturated rings. The topological polar surface area (TPSA) is 42.2 Å². The molecule has 4 heteroatoms. The molecule has 0 aliphatic heterocycles. The fraction of sp³-hybridized carbons (Fsp3) is 0.308. The van der Waals surface area contributed by atoms with Gasteiger partial charge in [-0.05, 0) is 30.4 Å². The second-order valence-corrected chi connectivity index (χ2v) is 5.01. The van der Waals surface area contributed by atoms with E-state index in [1.54, 1.807) is 6.26 Å². The second kappa shape index (κ2) is 4.37. The van der Waals surface area contributed by atoms with E-state index in [0.29, 0.717) is 0 Å². The van der Waals surface area contributed by atoms with Crippen LogP contribution in [0.3, 0.4) is 0 Å². The highest BCUT2D eigenvalue weighted by molar-refractivity contribution is 7.08. The Morgan fingerprint density at radius 1 is 1.47 bits per heavy atom. The van der Waals surface area contributed by atoms with Gasteiger partial charge in [-0.25, -0.2) is 0 Å². The van der Waals surface area contributed by atoms with E-state index in [1.807, 2.05) is 22.9 Å². The summed E-state index contributed by atoms with van der Waals surface area (Å²) in [6.45, 7) is 0. The predicted molar refractivity (Wildman–Crippen MR) is 66.2 cm³/mol. The molecule has 2 aromatic heterocycles. The molecule has 1 N–H and O–H groups in total. The molecule has 0 saturated carbocycles. The number of amides is 1. The molecule has 1 atom stereocenters. The molecule has 2 heterocycles. The highest BCUT2D eigenvalue weighted by atomic mass is 32.1. The summed E-state index contributed by atoms with van der Waals surface area (Å²) in [6, 6.07) is 3.91. The van der Waals surface area contributed by atoms with Crippen molar-refractivity contribution in [3.05, 3.63) is 46.0 Å². The smallest absolute Gasteiger partial charge is 0.252 e. The van der Waals surface area contributed by atoms with Gasteiger partial charge in [-0.15, -0.1) is 0 Å². The molecule has 0 bridgehead atoms. The van der Waals surface area contributed by atoms with Gasteiger partial charge in [0.15, 0.2) is 0 Å². The molecule has 1 aliphatic carbocycles. The molecular formula is C13H13NO2S. The van der Waals surface area contributed by atoms with E-state index >= 15 is 0 Å². The van der Waals surface area contributed by atoms with E-state index in [4.69, 9.17) is 4.42 Å². The maximum atomic E-state index is 12.0. The fourth-order valence-electron chi connectivity index (χ4n) is 2.27. The average Bonchev–Trinajstić information content (AvgIpc) is 3.00. The van der Waals surface area contributed by atoms with E-state index in [0.717, 1.165) is 36.1 Å². The van der Waals surface area contributed by atoms with Gasteiger partial charge in [0, 0.05) is 17.4 Å². The van der Waals surface area contributed by atoms with Crippen LogP contribution in [0.1, 0.15) is 40.6 Å². The van der Waals surface area contributed by atoms with Crippen molar-refractivity contribution in [2.24, 2.45) is 0 Å². The Kier molecular flexibility index (Phi) is 2.73. The first-order valence-electron chi connectivity index (χ1n) is 5.74. The number of thiophene rings is 1. The van der Waals surface area contributed by atoms with Crippen LogP contribution in [0.2, 0.25) is 0 Å². The molecule has 3 nitrogen and oxygen atoms in total. The van der Waals surface area contributed by atoms with E-state index in [9.17, 15) is 4.79 Å². The van der Waals surface area contributed by atoms with Gasteiger partial charge in [-0.3, -0.25) is 4.79 Å². The maximum Gasteiger partial charge on any atom is 0.252 e. The molecule has 1 amide bonds. The zero-order valence-electron chi connectivity index (χ0n) is 9.31. The lowest BCUT2D eigenvalue weighted by Crippen LogP contribution is -2.30. The van der Waals surface area contributed by atoms with Gasteiger partial charge in [-0.1, -0.05) is 0 Å². The highest BCUT2D eigenvalue weighted by Gasteiger charge is 2.24. The van der Waals surface area contributed by atoms with Crippen LogP contribution in [-0.2, 0) is 6.42 Å². The summed E-state index contributed by atoms with van der Waals surface area (Å²) in [5.74, 6) is 1.03. The molecule has 17 heavy (non-hydrogen) atoms. The SMILES string of the molecule is O=C(NC1CCCc2occc21)c1ccsc1. The number of carbonyl (C=O) groups excluding carboxylic acids is 1. The average molecular weight is 247 g/mol. The zero-order valence-corrected chi connectivity index (χ0v) is 10.1. The number of nitrogens with one attached hydrogen (secondary N) is 1. The van der Waals surface area contributed by atoms with Gasteiger partial charge in [0.25, 0.3) is 5.91 Å². The first-order valence-corrected chi connectivity index (χ1v) is 6.68. The standard InChI is InChI=1S/C13H13NO2S/c15-13(9-5-7-17-8-9)14-11-2-1-3-12-10(11)4-6-16-12/h4-8,11H,1-3H2,(H,14,15). The molecule has 2 aromatic rings. The van der Waals surface area contributed by atoms with Crippen LogP contribution in [0.4, 0.5) is 0 Å². The van der Waals surface area contributed by atoms with Crippen LogP contribution in [0, 0.1) is 0 Å². The van der Waals surface area contributed by atoms with E-state index in [-0.39, 0.29) is 11.9 Å². The summed E-state index contributed by atoms with van der Waals surface area (Å²) >= 11 is 1.54. The van der Waals surface area contributed by atoms with Crippen LogP contribution >= 0.6 is 11.3 Å². The molecule has 1 aliphatic rings. The largest absolute Gasteiger partial charge is 0.469 e. The zero-order chi connectivity index (χ0) is 11.7. The Morgan fingerprint density at radius 2 is 2.41 bits per heavy atom. The lowest BCUT2D eigenvalue weighted by atomic mass is 9.93. The number of hydrogen-bond donors (Lipinski definition) is 1. The Labute approximate surface area is 103 Å². The third-order valence-corrected chi connectivity index (χ3v) is 3.82. The van der Waals surface area contributed by atoms with Crippen LogP contribution in [0.5, 0.6) is 0 Å². The van der Waals surface area contributed by atoms with Crippen molar-refractivity contribution in [2.75, 3.05) is 0 Å². The first kappa shape index (κ1) is 10.6. The third kappa shape index (κ3) is 2.00. The fourth-order valence-corrected chi connectivity index (χ4v) is 2.91. The van der Waals surface area contributed by atoms with Crippen molar-refractivity contribution in [2.45, 2.75) is 25.3 Å². The molecular weight excluding hydrogens is 234 g/mol. The molecule has 1 unspecified atom stereocenters. The number of aryl methyl sites for hydroxylation is 1. The van der Waals surface area contributed by atoms with Gasteiger partial charge in [-0.2, -0.15) is 11.3 Å². The minimum atomic E-state index is 0.00491. The highest BCUT2D eigenvalue weighted by Crippen LogP contribution is 2.30. The minimum absolute atomic E-state index is 0.00491. The molecule has 0 spiro atoms. The van der Waals surface area contributed by atoms with E-state index < -0.39 is 0 Å². The van der Waals surface area contributed by atoms with Gasteiger partial charge >= 0.3 is 0 Å². The van der Waals surface area contributed by atoms with E-state index in [2.05, 4.69) is 5.32 Å². The second-order valence-electron chi connectivity index (χ2n) is 4.23. The molecule has 0 saturated heterocycles. The summed E-state index contributed by atoms with van der Waals surface area (Å²) in [4.78, 5) is 12.0. The number of furan rings is 1. The van der Waals surface area contributed by atoms with Gasteiger partial charge < -0.3 is 9.73 Å². The first-order chi connectivity index (χ1) is 8.34. The summed E-state index contributed by atoms with van der Waals surface area (Å²) < 4.78 is 5.41. The third-order valence-electron chi connectivity index (χ3n) is 3.14. The van der Waals surface area contributed by atoms with Crippen molar-refractivity contribution in [1.29, 1.82) is 0 Å². The van der Waals surface area contributed by atoms with Crippen LogP contribution in [0.25, 0.3) is 0 Å². The Morgan fingerprint density at radius 3 is 3.24 bits per heavy atom. The molecule has 0 aromatic carbocycles. The van der Waals surface area contributed by atoms with Crippen molar-refractivity contribution >= 4 is 17.2 Å². The summed E-state index contributed by atoms with van der Waals surface area (Å²) in [6.07, 6.45) is 4.74. The summed E-state index contributed by atoms with van der Waals surface area (Å²) in [5.41, 5.74) is 1.88. The normalized spacial score (nSPS) is 18.7. The predicted octanol–water partition coefficient (Wildman–Crippen LogP) is 3.15. The van der Waals surface area contributed by atoms with Crippen molar-refractivity contribution in [1.82, 2.24) is 5.32 Å². The maximum absolute atomic E-state index is 12.0. The van der Waals surface area contributed by atoms with Crippen molar-refractivity contribution in [3.8, 4) is 0 Å². The minimum Gasteiger partial charge on any atom is -0.469 e. The quantitative estimate of drug-likeness (QED) is 0.885. The Balaban J connectivity index is 1.77. The van der Waals surface area contributed by atoms with Crippen LogP contribution in [0.15, 0.2) is 33.6 Å². The number of hydrogen-bond acceptors (Lipinski definition) is 3. The number of rotatable bonds is 2. The molecule has 88 valence electrons. The van der Waals surface area contributed by atoms with Crippen molar-refractivity contribution in [3.63, 3.8) is 0 Å². The lowest BCUT2D eigenvalue weighted by Gasteiger charge is -2.22. The molecule has 3 rings (SSSR count). The number of fused-ring (bicyclic) bond motifs is 1. The van der Waals surface area contributed by atoms with Crippen LogP contribution < -0.4 is 5.32 Å². The lowest BCUT2D eigenvalue weighted by molar-refractivity contribution is 0.0932. The monoisotopic (exact) mass is 247 g/mol. The Hall–Kier alpha value is -1.55. The van der Waals surface area contributed by atoms with Gasteiger partial charge in [0.2, 0.25) is 0 Å².